The normalized spacial score (nSPS) is 12.0. The lowest BCUT2D eigenvalue weighted by Crippen LogP contribution is -2.23. The van der Waals surface area contributed by atoms with Crippen LogP contribution in [0, 0.1) is 0 Å². The molecule has 0 fully saturated rings. The zero-order chi connectivity index (χ0) is 11.4. The number of nitrogens with zero attached hydrogens (tertiary/aromatic N) is 2. The van der Waals surface area contributed by atoms with Crippen LogP contribution in [0.15, 0.2) is 6.20 Å². The van der Waals surface area contributed by atoms with Crippen molar-refractivity contribution in [1.82, 2.24) is 9.97 Å². The summed E-state index contributed by atoms with van der Waals surface area (Å²) in [5, 5.41) is 2.21. The number of nitrogens with one attached hydrogen (secondary N) is 2. The fourth-order valence-corrected chi connectivity index (χ4v) is 0.927. The van der Waals surface area contributed by atoms with E-state index in [1.165, 1.54) is 6.20 Å². The number of carbonyl (C=O) groups excluding carboxylic acids is 1. The largest absolute Gasteiger partial charge is 0.319 e. The first-order valence-electron chi connectivity index (χ1n) is 3.98. The molecule has 0 aliphatic heterocycles. The molecule has 1 aromatic rings. The smallest absolute Gasteiger partial charge is 0.258 e. The minimum atomic E-state index is -1.63. The van der Waals surface area contributed by atoms with Crippen molar-refractivity contribution in [2.75, 3.05) is 10.7 Å². The number of nitrogens with two attached hydrogens (primary N) is 1. The number of hydrogen-bond donors (Lipinski definition) is 3. The average molecular weight is 234 g/mol. The number of halogens is 2. The SMILES string of the molecule is CC(F)C(=O)Nc1cnc(Cl)nc1NN. The predicted molar refractivity (Wildman–Crippen MR) is 54.1 cm³/mol. The molecule has 6 nitrogen and oxygen atoms in total. The Morgan fingerprint density at radius 3 is 2.93 bits per heavy atom. The van der Waals surface area contributed by atoms with Crippen molar-refractivity contribution in [2.24, 2.45) is 5.84 Å². The van der Waals surface area contributed by atoms with Crippen LogP contribution >= 0.6 is 11.6 Å². The summed E-state index contributed by atoms with van der Waals surface area (Å²) in [7, 11) is 0. The van der Waals surface area contributed by atoms with Crippen LogP contribution < -0.4 is 16.6 Å². The minimum Gasteiger partial charge on any atom is -0.319 e. The molecule has 1 aromatic heterocycles. The molecule has 0 saturated carbocycles. The Morgan fingerprint density at radius 1 is 1.73 bits per heavy atom. The molecule has 1 heterocycles. The minimum absolute atomic E-state index is 0.0331. The highest BCUT2D eigenvalue weighted by Crippen LogP contribution is 2.18. The lowest BCUT2D eigenvalue weighted by molar-refractivity contribution is -0.120. The Kier molecular flexibility index (Phi) is 3.75. The molecule has 0 bridgehead atoms. The summed E-state index contributed by atoms with van der Waals surface area (Å²) in [6, 6.07) is 0. The van der Waals surface area contributed by atoms with Crippen LogP contribution in [0.5, 0.6) is 0 Å². The summed E-state index contributed by atoms with van der Waals surface area (Å²) in [6.45, 7) is 1.11. The average Bonchev–Trinajstić information content (AvgIpc) is 2.20. The van der Waals surface area contributed by atoms with Crippen molar-refractivity contribution in [2.45, 2.75) is 13.1 Å². The van der Waals surface area contributed by atoms with E-state index in [2.05, 4.69) is 20.7 Å². The van der Waals surface area contributed by atoms with Crippen molar-refractivity contribution < 1.29 is 9.18 Å². The van der Waals surface area contributed by atoms with E-state index in [-0.39, 0.29) is 16.8 Å². The van der Waals surface area contributed by atoms with Gasteiger partial charge < -0.3 is 10.7 Å². The van der Waals surface area contributed by atoms with Crippen molar-refractivity contribution in [1.29, 1.82) is 0 Å². The molecule has 0 aliphatic carbocycles. The van der Waals surface area contributed by atoms with E-state index >= 15 is 0 Å². The lowest BCUT2D eigenvalue weighted by atomic mass is 10.4. The molecule has 0 radical (unpaired) electrons. The number of nitrogen functional groups attached to an aromatic ring is 1. The summed E-state index contributed by atoms with van der Waals surface area (Å²) in [5.41, 5.74) is 2.37. The number of carbonyl (C=O) groups is 1. The third kappa shape index (κ3) is 3.00. The summed E-state index contributed by atoms with van der Waals surface area (Å²) in [5.74, 6) is 4.43. The molecule has 82 valence electrons. The first-order valence-corrected chi connectivity index (χ1v) is 4.36. The second-order valence-corrected chi connectivity index (χ2v) is 2.99. The van der Waals surface area contributed by atoms with Gasteiger partial charge in [-0.25, -0.2) is 15.2 Å². The van der Waals surface area contributed by atoms with E-state index < -0.39 is 12.1 Å². The fourth-order valence-electron chi connectivity index (χ4n) is 0.794. The highest BCUT2D eigenvalue weighted by Gasteiger charge is 2.14. The zero-order valence-corrected chi connectivity index (χ0v) is 8.55. The van der Waals surface area contributed by atoms with Gasteiger partial charge in [-0.2, -0.15) is 4.98 Å². The Morgan fingerprint density at radius 2 is 2.40 bits per heavy atom. The van der Waals surface area contributed by atoms with Crippen LogP contribution in [0.3, 0.4) is 0 Å². The molecule has 15 heavy (non-hydrogen) atoms. The third-order valence-corrected chi connectivity index (χ3v) is 1.70. The number of hydrazine groups is 1. The molecule has 1 rings (SSSR count). The van der Waals surface area contributed by atoms with Crippen LogP contribution in [0.1, 0.15) is 6.92 Å². The van der Waals surface area contributed by atoms with Crippen LogP contribution in [-0.2, 0) is 4.79 Å². The van der Waals surface area contributed by atoms with E-state index in [1.54, 1.807) is 0 Å². The summed E-state index contributed by atoms with van der Waals surface area (Å²) < 4.78 is 12.6. The van der Waals surface area contributed by atoms with Gasteiger partial charge in [0.15, 0.2) is 12.0 Å². The highest BCUT2D eigenvalue weighted by atomic mass is 35.5. The molecule has 1 amide bonds. The number of hydrogen-bond acceptors (Lipinski definition) is 5. The van der Waals surface area contributed by atoms with Gasteiger partial charge in [0.25, 0.3) is 5.91 Å². The van der Waals surface area contributed by atoms with Gasteiger partial charge in [-0.1, -0.05) is 0 Å². The van der Waals surface area contributed by atoms with Gasteiger partial charge in [0.1, 0.15) is 5.69 Å². The molecule has 0 aromatic carbocycles. The van der Waals surface area contributed by atoms with E-state index in [0.29, 0.717) is 0 Å². The van der Waals surface area contributed by atoms with Gasteiger partial charge in [-0.3, -0.25) is 4.79 Å². The Labute approximate surface area is 90.0 Å². The molecular formula is C7H9ClFN5O. The predicted octanol–water partition coefficient (Wildman–Crippen LogP) is 0.712. The Bertz CT molecular complexity index is 372. The van der Waals surface area contributed by atoms with Crippen LogP contribution in [0.25, 0.3) is 0 Å². The molecule has 0 spiro atoms. The van der Waals surface area contributed by atoms with Gasteiger partial charge in [-0.05, 0) is 18.5 Å². The quantitative estimate of drug-likeness (QED) is 0.406. The van der Waals surface area contributed by atoms with Gasteiger partial charge in [-0.15, -0.1) is 0 Å². The maximum atomic E-state index is 12.6. The standard InChI is InChI=1S/C7H9ClFN5O/c1-3(9)6(15)12-4-2-11-7(8)13-5(4)14-10/h2-3H,10H2,1H3,(H,12,15)(H,11,13,14). The van der Waals surface area contributed by atoms with Crippen LogP contribution in [-0.4, -0.2) is 22.0 Å². The Hall–Kier alpha value is -1.47. The fraction of sp³-hybridized carbons (Fsp3) is 0.286. The molecular weight excluding hydrogens is 225 g/mol. The summed E-state index contributed by atoms with van der Waals surface area (Å²) >= 11 is 5.49. The second-order valence-electron chi connectivity index (χ2n) is 2.65. The number of amides is 1. The topological polar surface area (TPSA) is 92.9 Å². The lowest BCUT2D eigenvalue weighted by Gasteiger charge is -2.09. The molecule has 1 unspecified atom stereocenters. The number of rotatable bonds is 3. The third-order valence-electron chi connectivity index (χ3n) is 1.52. The summed E-state index contributed by atoms with van der Waals surface area (Å²) in [6.07, 6.45) is -0.406. The zero-order valence-electron chi connectivity index (χ0n) is 7.79. The van der Waals surface area contributed by atoms with E-state index in [1.807, 2.05) is 0 Å². The van der Waals surface area contributed by atoms with Crippen molar-refractivity contribution in [3.8, 4) is 0 Å². The molecule has 1 atom stereocenters. The maximum absolute atomic E-state index is 12.6. The van der Waals surface area contributed by atoms with E-state index in [0.717, 1.165) is 6.92 Å². The van der Waals surface area contributed by atoms with Crippen LogP contribution in [0.2, 0.25) is 5.28 Å². The van der Waals surface area contributed by atoms with Crippen LogP contribution in [0.4, 0.5) is 15.9 Å². The van der Waals surface area contributed by atoms with Gasteiger partial charge in [0.2, 0.25) is 5.28 Å². The van der Waals surface area contributed by atoms with Gasteiger partial charge in [0, 0.05) is 0 Å². The molecule has 0 saturated heterocycles. The van der Waals surface area contributed by atoms with Crippen molar-refractivity contribution >= 4 is 29.0 Å². The van der Waals surface area contributed by atoms with Crippen molar-refractivity contribution in [3.63, 3.8) is 0 Å². The first-order chi connectivity index (χ1) is 7.04. The second kappa shape index (κ2) is 4.85. The van der Waals surface area contributed by atoms with Crippen molar-refractivity contribution in [3.05, 3.63) is 11.5 Å². The highest BCUT2D eigenvalue weighted by molar-refractivity contribution is 6.28. The Balaban J connectivity index is 2.89. The maximum Gasteiger partial charge on any atom is 0.258 e. The molecule has 8 heteroatoms. The number of aromatic nitrogens is 2. The van der Waals surface area contributed by atoms with Gasteiger partial charge in [0.05, 0.1) is 6.20 Å². The molecule has 0 aliphatic rings. The van der Waals surface area contributed by atoms with Gasteiger partial charge >= 0.3 is 0 Å². The molecule has 4 N–H and O–H groups in total. The number of alkyl halides is 1. The van der Waals surface area contributed by atoms with E-state index in [4.69, 9.17) is 17.4 Å². The first kappa shape index (κ1) is 11.6. The monoisotopic (exact) mass is 233 g/mol. The summed E-state index contributed by atoms with van der Waals surface area (Å²) in [4.78, 5) is 18.3. The number of anilines is 2. The van der Waals surface area contributed by atoms with E-state index in [9.17, 15) is 9.18 Å².